The van der Waals surface area contributed by atoms with Crippen LogP contribution < -0.4 is 4.90 Å². The summed E-state index contributed by atoms with van der Waals surface area (Å²) in [4.78, 5) is 2.33. The molecule has 0 bridgehead atoms. The number of para-hydroxylation sites is 3. The fraction of sp³-hybridized carbons (Fsp3) is 0.0870. The molecule has 0 spiro atoms. The smallest absolute Gasteiger partial charge is 0.0544 e. The Morgan fingerprint density at radius 1 is 0.458 bits per heavy atom. The summed E-state index contributed by atoms with van der Waals surface area (Å²) in [6, 6.07) is 59.7. The number of benzene rings is 7. The Morgan fingerprint density at radius 3 is 1.77 bits per heavy atom. The second-order valence-corrected chi connectivity index (χ2v) is 13.5. The zero-order valence-electron chi connectivity index (χ0n) is 27.5. The highest BCUT2D eigenvalue weighted by molar-refractivity contribution is 6.12. The Bertz CT molecular complexity index is 2430. The van der Waals surface area contributed by atoms with E-state index in [1.54, 1.807) is 0 Å². The molecule has 48 heavy (non-hydrogen) atoms. The zero-order valence-corrected chi connectivity index (χ0v) is 27.5. The van der Waals surface area contributed by atoms with Crippen LogP contribution in [0.15, 0.2) is 164 Å². The molecular formula is C46H36N2. The van der Waals surface area contributed by atoms with Gasteiger partial charge in [-0.3, -0.25) is 0 Å². The van der Waals surface area contributed by atoms with Crippen LogP contribution in [-0.2, 0) is 5.41 Å². The van der Waals surface area contributed by atoms with Gasteiger partial charge in [0, 0.05) is 38.9 Å². The standard InChI is InChI=1S/C46H36N2/c1-31-27-36(47(33-15-7-4-8-16-33)34-17-9-5-10-18-34)24-25-37(31)32-23-26-44-40(28-32)41-29-39-38-21-13-14-22-42(38)46(2,3)43(39)30-45(41)48(44)35-19-11-6-12-20-35/h4-30H,1-3H3. The lowest BCUT2D eigenvalue weighted by Gasteiger charge is -2.26. The van der Waals surface area contributed by atoms with Crippen LogP contribution in [0.3, 0.4) is 0 Å². The van der Waals surface area contributed by atoms with Crippen LogP contribution in [0.25, 0.3) is 49.7 Å². The number of nitrogens with zero attached hydrogens (tertiary/aromatic N) is 2. The Hall–Kier alpha value is -5.86. The highest BCUT2D eigenvalue weighted by Crippen LogP contribution is 2.51. The minimum atomic E-state index is -0.0600. The predicted molar refractivity (Wildman–Crippen MR) is 203 cm³/mol. The quantitative estimate of drug-likeness (QED) is 0.187. The average Bonchev–Trinajstić information content (AvgIpc) is 3.56. The third kappa shape index (κ3) is 4.33. The van der Waals surface area contributed by atoms with Gasteiger partial charge < -0.3 is 9.47 Å². The summed E-state index contributed by atoms with van der Waals surface area (Å²) >= 11 is 0. The van der Waals surface area contributed by atoms with E-state index in [4.69, 9.17) is 0 Å². The summed E-state index contributed by atoms with van der Waals surface area (Å²) < 4.78 is 2.45. The third-order valence-corrected chi connectivity index (χ3v) is 10.3. The molecule has 7 aromatic carbocycles. The van der Waals surface area contributed by atoms with E-state index >= 15 is 0 Å². The summed E-state index contributed by atoms with van der Waals surface area (Å²) in [6.45, 7) is 6.96. The maximum absolute atomic E-state index is 2.46. The molecule has 0 amide bonds. The molecule has 230 valence electrons. The molecule has 1 aromatic heterocycles. The lowest BCUT2D eigenvalue weighted by atomic mass is 9.82. The highest BCUT2D eigenvalue weighted by Gasteiger charge is 2.36. The maximum Gasteiger partial charge on any atom is 0.0544 e. The number of rotatable bonds is 5. The van der Waals surface area contributed by atoms with Crippen molar-refractivity contribution >= 4 is 38.9 Å². The van der Waals surface area contributed by atoms with Gasteiger partial charge in [0.15, 0.2) is 0 Å². The number of anilines is 3. The van der Waals surface area contributed by atoms with Crippen molar-refractivity contribution < 1.29 is 0 Å². The summed E-state index contributed by atoms with van der Waals surface area (Å²) in [7, 11) is 0. The van der Waals surface area contributed by atoms with Gasteiger partial charge in [0.25, 0.3) is 0 Å². The molecule has 1 aliphatic rings. The van der Waals surface area contributed by atoms with Gasteiger partial charge in [-0.05, 0) is 119 Å². The number of aromatic nitrogens is 1. The Labute approximate surface area is 282 Å². The Kier molecular flexibility index (Phi) is 6.42. The second kappa shape index (κ2) is 10.9. The molecule has 0 N–H and O–H groups in total. The summed E-state index contributed by atoms with van der Waals surface area (Å²) in [5.74, 6) is 0. The van der Waals surface area contributed by atoms with Crippen LogP contribution in [0.5, 0.6) is 0 Å². The minimum absolute atomic E-state index is 0.0600. The lowest BCUT2D eigenvalue weighted by molar-refractivity contribution is 0.661. The molecule has 0 atom stereocenters. The van der Waals surface area contributed by atoms with Crippen LogP contribution in [0.2, 0.25) is 0 Å². The monoisotopic (exact) mass is 616 g/mol. The van der Waals surface area contributed by atoms with Crippen molar-refractivity contribution in [2.45, 2.75) is 26.2 Å². The van der Waals surface area contributed by atoms with Gasteiger partial charge in [-0.1, -0.05) is 105 Å². The van der Waals surface area contributed by atoms with Crippen LogP contribution >= 0.6 is 0 Å². The SMILES string of the molecule is Cc1cc(N(c2ccccc2)c2ccccc2)ccc1-c1ccc2c(c1)c1cc3c(cc1n2-c1ccccc1)C(C)(C)c1ccccc1-3. The van der Waals surface area contributed by atoms with Crippen molar-refractivity contribution in [3.63, 3.8) is 0 Å². The summed E-state index contributed by atoms with van der Waals surface area (Å²) in [5.41, 5.74) is 16.2. The first-order valence-corrected chi connectivity index (χ1v) is 16.8. The predicted octanol–water partition coefficient (Wildman–Crippen LogP) is 12.5. The van der Waals surface area contributed by atoms with E-state index in [1.165, 1.54) is 66.4 Å². The molecule has 1 heterocycles. The van der Waals surface area contributed by atoms with E-state index in [9.17, 15) is 0 Å². The lowest BCUT2D eigenvalue weighted by Crippen LogP contribution is -2.14. The van der Waals surface area contributed by atoms with Gasteiger partial charge in [0.2, 0.25) is 0 Å². The number of hydrogen-bond acceptors (Lipinski definition) is 1. The number of hydrogen-bond donors (Lipinski definition) is 0. The Balaban J connectivity index is 1.23. The number of aryl methyl sites for hydroxylation is 1. The van der Waals surface area contributed by atoms with E-state index in [0.29, 0.717) is 0 Å². The first-order valence-electron chi connectivity index (χ1n) is 16.8. The van der Waals surface area contributed by atoms with Crippen molar-refractivity contribution in [3.05, 3.63) is 180 Å². The van der Waals surface area contributed by atoms with Gasteiger partial charge >= 0.3 is 0 Å². The maximum atomic E-state index is 2.46. The van der Waals surface area contributed by atoms with Gasteiger partial charge in [-0.15, -0.1) is 0 Å². The van der Waals surface area contributed by atoms with Crippen LogP contribution in [0.4, 0.5) is 17.1 Å². The van der Waals surface area contributed by atoms with Crippen LogP contribution in [-0.4, -0.2) is 4.57 Å². The van der Waals surface area contributed by atoms with E-state index in [-0.39, 0.29) is 5.41 Å². The Morgan fingerprint density at radius 2 is 1.08 bits per heavy atom. The molecule has 0 unspecified atom stereocenters. The van der Waals surface area contributed by atoms with Gasteiger partial charge in [-0.25, -0.2) is 0 Å². The van der Waals surface area contributed by atoms with Crippen molar-refractivity contribution in [2.24, 2.45) is 0 Å². The normalized spacial score (nSPS) is 13.1. The van der Waals surface area contributed by atoms with Crippen molar-refractivity contribution in [2.75, 3.05) is 4.90 Å². The molecule has 0 saturated carbocycles. The van der Waals surface area contributed by atoms with Crippen LogP contribution in [0, 0.1) is 6.92 Å². The summed E-state index contributed by atoms with van der Waals surface area (Å²) in [6.07, 6.45) is 0. The minimum Gasteiger partial charge on any atom is -0.310 e. The molecule has 0 radical (unpaired) electrons. The van der Waals surface area contributed by atoms with E-state index in [1.807, 2.05) is 0 Å². The number of fused-ring (bicyclic) bond motifs is 6. The fourth-order valence-corrected chi connectivity index (χ4v) is 7.95. The molecule has 0 fully saturated rings. The average molecular weight is 617 g/mol. The molecule has 1 aliphatic carbocycles. The summed E-state index contributed by atoms with van der Waals surface area (Å²) in [5, 5.41) is 2.56. The molecule has 0 saturated heterocycles. The molecule has 2 heteroatoms. The highest BCUT2D eigenvalue weighted by atomic mass is 15.1. The first-order chi connectivity index (χ1) is 23.5. The first kappa shape index (κ1) is 28.4. The van der Waals surface area contributed by atoms with Gasteiger partial charge in [0.05, 0.1) is 11.0 Å². The van der Waals surface area contributed by atoms with Gasteiger partial charge in [0.1, 0.15) is 0 Å². The van der Waals surface area contributed by atoms with Crippen molar-refractivity contribution in [1.29, 1.82) is 0 Å². The zero-order chi connectivity index (χ0) is 32.4. The fourth-order valence-electron chi connectivity index (χ4n) is 7.95. The third-order valence-electron chi connectivity index (χ3n) is 10.3. The molecule has 8 aromatic rings. The van der Waals surface area contributed by atoms with E-state index < -0.39 is 0 Å². The topological polar surface area (TPSA) is 8.17 Å². The largest absolute Gasteiger partial charge is 0.310 e. The van der Waals surface area contributed by atoms with E-state index in [2.05, 4.69) is 194 Å². The molecule has 2 nitrogen and oxygen atoms in total. The molecular weight excluding hydrogens is 581 g/mol. The van der Waals surface area contributed by atoms with Crippen LogP contribution in [0.1, 0.15) is 30.5 Å². The van der Waals surface area contributed by atoms with Crippen molar-refractivity contribution in [1.82, 2.24) is 4.57 Å². The van der Waals surface area contributed by atoms with E-state index in [0.717, 1.165) is 17.1 Å². The molecule has 9 rings (SSSR count). The van der Waals surface area contributed by atoms with Crippen molar-refractivity contribution in [3.8, 4) is 27.9 Å². The second-order valence-electron chi connectivity index (χ2n) is 13.5. The van der Waals surface area contributed by atoms with Gasteiger partial charge in [-0.2, -0.15) is 0 Å². The molecule has 0 aliphatic heterocycles.